The molecular formula is C12H15N3O4. The summed E-state index contributed by atoms with van der Waals surface area (Å²) in [4.78, 5) is 36.5. The van der Waals surface area contributed by atoms with E-state index < -0.39 is 23.5 Å². The maximum absolute atomic E-state index is 12.4. The van der Waals surface area contributed by atoms with Crippen LogP contribution in [0, 0.1) is 13.8 Å². The van der Waals surface area contributed by atoms with Crippen LogP contribution in [0.5, 0.6) is 0 Å². The molecule has 1 aromatic heterocycles. The summed E-state index contributed by atoms with van der Waals surface area (Å²) in [6, 6.07) is -0.847. The van der Waals surface area contributed by atoms with Crippen molar-refractivity contribution in [2.75, 3.05) is 6.54 Å². The molecule has 1 aromatic rings. The van der Waals surface area contributed by atoms with Crippen LogP contribution in [0.1, 0.15) is 34.5 Å². The third kappa shape index (κ3) is 2.23. The maximum atomic E-state index is 12.4. The molecule has 1 aliphatic heterocycles. The molecule has 0 aliphatic carbocycles. The minimum atomic E-state index is -1.04. The summed E-state index contributed by atoms with van der Waals surface area (Å²) in [7, 11) is 0. The van der Waals surface area contributed by atoms with Gasteiger partial charge < -0.3 is 10.0 Å². The second-order valence-corrected chi connectivity index (χ2v) is 4.63. The molecule has 2 N–H and O–H groups in total. The van der Waals surface area contributed by atoms with Crippen LogP contribution >= 0.6 is 0 Å². The van der Waals surface area contributed by atoms with E-state index in [1.54, 1.807) is 13.8 Å². The van der Waals surface area contributed by atoms with E-state index >= 15 is 0 Å². The van der Waals surface area contributed by atoms with Gasteiger partial charge in [0.25, 0.3) is 11.5 Å². The van der Waals surface area contributed by atoms with Crippen molar-refractivity contribution in [2.24, 2.45) is 0 Å². The molecule has 1 atom stereocenters. The van der Waals surface area contributed by atoms with E-state index in [0.29, 0.717) is 30.6 Å². The standard InChI is InChI=1S/C12H15N3O4/c1-6-7(2)13-14-10(16)9(6)11(17)15-5-3-4-8(15)12(18)19/h8H,3-5H2,1-2H3,(H,14,16)(H,18,19). The van der Waals surface area contributed by atoms with Crippen molar-refractivity contribution in [1.82, 2.24) is 15.1 Å². The van der Waals surface area contributed by atoms with Crippen LogP contribution in [-0.4, -0.2) is 44.7 Å². The molecule has 1 aliphatic rings. The lowest BCUT2D eigenvalue weighted by atomic mass is 10.1. The summed E-state index contributed by atoms with van der Waals surface area (Å²) in [6.07, 6.45) is 1.05. The van der Waals surface area contributed by atoms with Crippen molar-refractivity contribution in [2.45, 2.75) is 32.7 Å². The Morgan fingerprint density at radius 3 is 2.74 bits per heavy atom. The van der Waals surface area contributed by atoms with Crippen LogP contribution in [0.15, 0.2) is 4.79 Å². The number of rotatable bonds is 2. The van der Waals surface area contributed by atoms with E-state index in [1.807, 2.05) is 0 Å². The normalized spacial score (nSPS) is 18.6. The first-order valence-corrected chi connectivity index (χ1v) is 6.03. The van der Waals surface area contributed by atoms with Gasteiger partial charge in [0.05, 0.1) is 5.69 Å². The number of carboxylic acid groups (broad SMARTS) is 1. The van der Waals surface area contributed by atoms with Crippen molar-refractivity contribution in [3.63, 3.8) is 0 Å². The van der Waals surface area contributed by atoms with Gasteiger partial charge in [-0.1, -0.05) is 0 Å². The largest absolute Gasteiger partial charge is 0.480 e. The molecule has 19 heavy (non-hydrogen) atoms. The van der Waals surface area contributed by atoms with Gasteiger partial charge >= 0.3 is 5.97 Å². The number of aromatic nitrogens is 2. The third-order valence-electron chi connectivity index (χ3n) is 3.48. The van der Waals surface area contributed by atoms with Gasteiger partial charge in [0.1, 0.15) is 11.6 Å². The number of hydrogen-bond acceptors (Lipinski definition) is 4. The molecule has 2 heterocycles. The van der Waals surface area contributed by atoms with Crippen molar-refractivity contribution < 1.29 is 14.7 Å². The van der Waals surface area contributed by atoms with Crippen LogP contribution in [-0.2, 0) is 4.79 Å². The summed E-state index contributed by atoms with van der Waals surface area (Å²) in [5.74, 6) is -1.57. The molecule has 1 fully saturated rings. The van der Waals surface area contributed by atoms with Crippen molar-refractivity contribution >= 4 is 11.9 Å². The average molecular weight is 265 g/mol. The summed E-state index contributed by atoms with van der Waals surface area (Å²) in [5, 5.41) is 15.1. The van der Waals surface area contributed by atoms with Gasteiger partial charge in [0, 0.05) is 6.54 Å². The first-order valence-electron chi connectivity index (χ1n) is 6.03. The monoisotopic (exact) mass is 265 g/mol. The van der Waals surface area contributed by atoms with Crippen LogP contribution in [0.4, 0.5) is 0 Å². The number of H-pyrrole nitrogens is 1. The van der Waals surface area contributed by atoms with Gasteiger partial charge in [-0.05, 0) is 32.3 Å². The Balaban J connectivity index is 2.43. The Morgan fingerprint density at radius 2 is 2.11 bits per heavy atom. The Bertz CT molecular complexity index is 593. The lowest BCUT2D eigenvalue weighted by Crippen LogP contribution is -2.43. The summed E-state index contributed by atoms with van der Waals surface area (Å²) < 4.78 is 0. The van der Waals surface area contributed by atoms with Crippen LogP contribution in [0.2, 0.25) is 0 Å². The van der Waals surface area contributed by atoms with E-state index in [0.717, 1.165) is 0 Å². The Kier molecular flexibility index (Phi) is 3.37. The van der Waals surface area contributed by atoms with Gasteiger partial charge in [-0.3, -0.25) is 9.59 Å². The van der Waals surface area contributed by atoms with Gasteiger partial charge in [-0.15, -0.1) is 0 Å². The fourth-order valence-corrected chi connectivity index (χ4v) is 2.29. The second-order valence-electron chi connectivity index (χ2n) is 4.63. The summed E-state index contributed by atoms with van der Waals surface area (Å²) >= 11 is 0. The van der Waals surface area contributed by atoms with E-state index in [2.05, 4.69) is 10.2 Å². The molecule has 0 radical (unpaired) electrons. The highest BCUT2D eigenvalue weighted by Crippen LogP contribution is 2.20. The molecule has 0 saturated carbocycles. The van der Waals surface area contributed by atoms with Crippen LogP contribution in [0.3, 0.4) is 0 Å². The average Bonchev–Trinajstić information content (AvgIpc) is 2.83. The lowest BCUT2D eigenvalue weighted by Gasteiger charge is -2.21. The van der Waals surface area contributed by atoms with Crippen molar-refractivity contribution in [3.8, 4) is 0 Å². The van der Waals surface area contributed by atoms with Gasteiger partial charge in [-0.2, -0.15) is 5.10 Å². The summed E-state index contributed by atoms with van der Waals surface area (Å²) in [5.41, 5.74) is 0.448. The highest BCUT2D eigenvalue weighted by atomic mass is 16.4. The number of hydrogen-bond donors (Lipinski definition) is 2. The zero-order valence-electron chi connectivity index (χ0n) is 10.8. The molecule has 1 unspecified atom stereocenters. The number of amides is 1. The smallest absolute Gasteiger partial charge is 0.326 e. The highest BCUT2D eigenvalue weighted by molar-refractivity contribution is 5.97. The fourth-order valence-electron chi connectivity index (χ4n) is 2.29. The number of carbonyl (C=O) groups is 2. The third-order valence-corrected chi connectivity index (χ3v) is 3.48. The molecule has 0 spiro atoms. The van der Waals surface area contributed by atoms with Crippen molar-refractivity contribution in [3.05, 3.63) is 27.2 Å². The molecule has 0 bridgehead atoms. The van der Waals surface area contributed by atoms with Gasteiger partial charge in [0.2, 0.25) is 0 Å². The number of nitrogens with one attached hydrogen (secondary N) is 1. The Labute approximate surface area is 109 Å². The molecule has 2 rings (SSSR count). The van der Waals surface area contributed by atoms with E-state index in [4.69, 9.17) is 5.11 Å². The molecule has 1 saturated heterocycles. The number of aliphatic carboxylic acids is 1. The topological polar surface area (TPSA) is 103 Å². The predicted molar refractivity (Wildman–Crippen MR) is 66.0 cm³/mol. The molecular weight excluding hydrogens is 250 g/mol. The highest BCUT2D eigenvalue weighted by Gasteiger charge is 2.36. The first-order chi connectivity index (χ1) is 8.93. The molecule has 0 aromatic carbocycles. The zero-order chi connectivity index (χ0) is 14.2. The Hall–Kier alpha value is -2.18. The number of carboxylic acids is 1. The minimum Gasteiger partial charge on any atom is -0.480 e. The quantitative estimate of drug-likeness (QED) is 0.788. The fraction of sp³-hybridized carbons (Fsp3) is 0.500. The number of aromatic amines is 1. The predicted octanol–water partition coefficient (Wildman–Crippen LogP) is 0.0759. The van der Waals surface area contributed by atoms with E-state index in [1.165, 1.54) is 4.90 Å². The maximum Gasteiger partial charge on any atom is 0.326 e. The van der Waals surface area contributed by atoms with E-state index in [9.17, 15) is 14.4 Å². The molecule has 1 amide bonds. The molecule has 7 heteroatoms. The minimum absolute atomic E-state index is 0.0133. The first kappa shape index (κ1) is 13.3. The number of carbonyl (C=O) groups excluding carboxylic acids is 1. The zero-order valence-corrected chi connectivity index (χ0v) is 10.8. The van der Waals surface area contributed by atoms with Crippen LogP contribution < -0.4 is 5.56 Å². The van der Waals surface area contributed by atoms with Crippen LogP contribution in [0.25, 0.3) is 0 Å². The lowest BCUT2D eigenvalue weighted by molar-refractivity contribution is -0.141. The molecule has 7 nitrogen and oxygen atoms in total. The second kappa shape index (κ2) is 4.83. The SMILES string of the molecule is Cc1n[nH]c(=O)c(C(=O)N2CCCC2C(=O)O)c1C. The Morgan fingerprint density at radius 1 is 1.42 bits per heavy atom. The number of aryl methyl sites for hydroxylation is 1. The number of nitrogens with zero attached hydrogens (tertiary/aromatic N) is 2. The van der Waals surface area contributed by atoms with Crippen molar-refractivity contribution in [1.29, 1.82) is 0 Å². The van der Waals surface area contributed by atoms with Gasteiger partial charge in [0.15, 0.2) is 0 Å². The molecule has 102 valence electrons. The van der Waals surface area contributed by atoms with E-state index in [-0.39, 0.29) is 5.56 Å². The summed E-state index contributed by atoms with van der Waals surface area (Å²) in [6.45, 7) is 3.67. The number of likely N-dealkylation sites (tertiary alicyclic amines) is 1. The van der Waals surface area contributed by atoms with Gasteiger partial charge in [-0.25, -0.2) is 9.89 Å².